The first kappa shape index (κ1) is 16.4. The summed E-state index contributed by atoms with van der Waals surface area (Å²) in [5.74, 6) is -0.920. The number of nitrogens with zero attached hydrogens (tertiary/aromatic N) is 3. The van der Waals surface area contributed by atoms with Crippen LogP contribution in [-0.4, -0.2) is 35.5 Å². The molecule has 2 unspecified atom stereocenters. The number of nitriles is 1. The molecule has 6 heteroatoms. The van der Waals surface area contributed by atoms with E-state index in [1.165, 1.54) is 0 Å². The molecule has 24 heavy (non-hydrogen) atoms. The first-order chi connectivity index (χ1) is 11.8. The third kappa shape index (κ3) is 3.54. The molecule has 0 spiro atoms. The highest BCUT2D eigenvalue weighted by atomic mass is 16.8. The van der Waals surface area contributed by atoms with Gasteiger partial charge in [0, 0.05) is 18.0 Å². The molecule has 2 atom stereocenters. The molecule has 6 nitrogen and oxygen atoms in total. The van der Waals surface area contributed by atoms with Crippen LogP contribution in [0.5, 0.6) is 0 Å². The average molecular weight is 325 g/mol. The fraction of sp³-hybridized carbons (Fsp3) is 0.333. The van der Waals surface area contributed by atoms with Gasteiger partial charge in [0.05, 0.1) is 44.3 Å². The maximum absolute atomic E-state index is 8.98. The highest BCUT2D eigenvalue weighted by Crippen LogP contribution is 2.36. The Hall–Kier alpha value is -2.46. The molecular formula is C18H19N3O3. The lowest BCUT2D eigenvalue weighted by atomic mass is 10.0. The van der Waals surface area contributed by atoms with Gasteiger partial charge in [-0.15, -0.1) is 6.58 Å². The van der Waals surface area contributed by atoms with Crippen molar-refractivity contribution in [2.75, 3.05) is 19.8 Å². The Morgan fingerprint density at radius 2 is 2.29 bits per heavy atom. The minimum atomic E-state index is -0.920. The summed E-state index contributed by atoms with van der Waals surface area (Å²) in [7, 11) is 0. The summed E-state index contributed by atoms with van der Waals surface area (Å²) in [5.41, 5.74) is 1.46. The summed E-state index contributed by atoms with van der Waals surface area (Å²) in [5, 5.41) is 8.98. The molecule has 3 rings (SSSR count). The lowest BCUT2D eigenvalue weighted by Crippen LogP contribution is -2.34. The van der Waals surface area contributed by atoms with Crippen molar-refractivity contribution in [3.05, 3.63) is 66.8 Å². The van der Waals surface area contributed by atoms with Crippen molar-refractivity contribution >= 4 is 0 Å². The third-order valence-electron chi connectivity index (χ3n) is 3.80. The molecule has 0 bridgehead atoms. The van der Waals surface area contributed by atoms with Crippen molar-refractivity contribution in [1.82, 2.24) is 9.55 Å². The van der Waals surface area contributed by atoms with E-state index < -0.39 is 5.79 Å². The molecular weight excluding hydrogens is 306 g/mol. The van der Waals surface area contributed by atoms with Gasteiger partial charge in [-0.2, -0.15) is 5.26 Å². The van der Waals surface area contributed by atoms with E-state index in [4.69, 9.17) is 19.5 Å². The number of hydrogen-bond acceptors (Lipinski definition) is 5. The maximum atomic E-state index is 8.98. The van der Waals surface area contributed by atoms with Crippen LogP contribution < -0.4 is 0 Å². The van der Waals surface area contributed by atoms with Crippen LogP contribution in [0, 0.1) is 11.3 Å². The van der Waals surface area contributed by atoms with Crippen LogP contribution in [-0.2, 0) is 26.5 Å². The van der Waals surface area contributed by atoms with E-state index in [0.29, 0.717) is 31.9 Å². The Morgan fingerprint density at radius 1 is 1.46 bits per heavy atom. The molecule has 0 N–H and O–H groups in total. The second-order valence-corrected chi connectivity index (χ2v) is 5.55. The van der Waals surface area contributed by atoms with Crippen molar-refractivity contribution in [2.24, 2.45) is 0 Å². The smallest absolute Gasteiger partial charge is 0.214 e. The van der Waals surface area contributed by atoms with E-state index in [1.807, 2.05) is 22.9 Å². The van der Waals surface area contributed by atoms with Crippen LogP contribution in [0.25, 0.3) is 0 Å². The molecule has 0 saturated carbocycles. The summed E-state index contributed by atoms with van der Waals surface area (Å²) in [6.45, 7) is 5.45. The van der Waals surface area contributed by atoms with E-state index in [0.717, 1.165) is 5.56 Å². The monoisotopic (exact) mass is 325 g/mol. The van der Waals surface area contributed by atoms with E-state index >= 15 is 0 Å². The Labute approximate surface area is 140 Å². The largest absolute Gasteiger partial charge is 0.375 e. The molecule has 0 amide bonds. The van der Waals surface area contributed by atoms with Gasteiger partial charge >= 0.3 is 0 Å². The number of ether oxygens (including phenoxy) is 3. The second-order valence-electron chi connectivity index (χ2n) is 5.55. The molecule has 1 aliphatic heterocycles. The summed E-state index contributed by atoms with van der Waals surface area (Å²) in [4.78, 5) is 4.07. The zero-order valence-electron chi connectivity index (χ0n) is 13.3. The van der Waals surface area contributed by atoms with Crippen molar-refractivity contribution in [2.45, 2.75) is 18.4 Å². The molecule has 0 radical (unpaired) electrons. The standard InChI is InChI=1S/C18H19N3O3/c1-2-9-22-11-17-12-23-18(24-17,13-21-8-7-20-14-21)16-5-3-15(10-19)4-6-16/h2-8,14,17H,1,9,11-13H2. The molecule has 2 heterocycles. The SMILES string of the molecule is C=CCOCC1COC(Cn2ccnc2)(c2ccc(C#N)cc2)O1. The van der Waals surface area contributed by atoms with Gasteiger partial charge in [-0.05, 0) is 12.1 Å². The average Bonchev–Trinajstić information content (AvgIpc) is 3.26. The Kier molecular flexibility index (Phi) is 5.06. The lowest BCUT2D eigenvalue weighted by molar-refractivity contribution is -0.191. The molecule has 1 saturated heterocycles. The Morgan fingerprint density at radius 3 is 2.96 bits per heavy atom. The van der Waals surface area contributed by atoms with Crippen molar-refractivity contribution in [1.29, 1.82) is 5.26 Å². The number of imidazole rings is 1. The van der Waals surface area contributed by atoms with Gasteiger partial charge in [-0.25, -0.2) is 4.98 Å². The Bertz CT molecular complexity index is 706. The molecule has 1 aliphatic rings. The van der Waals surface area contributed by atoms with Crippen molar-refractivity contribution < 1.29 is 14.2 Å². The van der Waals surface area contributed by atoms with Crippen molar-refractivity contribution in [3.8, 4) is 6.07 Å². The fourth-order valence-corrected chi connectivity index (χ4v) is 2.67. The Balaban J connectivity index is 1.82. The van der Waals surface area contributed by atoms with Crippen LogP contribution in [0.2, 0.25) is 0 Å². The van der Waals surface area contributed by atoms with Crippen LogP contribution in [0.15, 0.2) is 55.6 Å². The number of aromatic nitrogens is 2. The van der Waals surface area contributed by atoms with E-state index in [9.17, 15) is 0 Å². The predicted molar refractivity (Wildman–Crippen MR) is 86.9 cm³/mol. The lowest BCUT2D eigenvalue weighted by Gasteiger charge is -2.29. The highest BCUT2D eigenvalue weighted by molar-refractivity contribution is 5.33. The van der Waals surface area contributed by atoms with E-state index in [-0.39, 0.29) is 6.10 Å². The zero-order chi connectivity index (χ0) is 16.8. The van der Waals surface area contributed by atoms with Crippen LogP contribution in [0.1, 0.15) is 11.1 Å². The molecule has 2 aromatic rings. The van der Waals surface area contributed by atoms with E-state index in [1.54, 1.807) is 30.7 Å². The third-order valence-corrected chi connectivity index (χ3v) is 3.80. The van der Waals surface area contributed by atoms with Crippen LogP contribution >= 0.6 is 0 Å². The fourth-order valence-electron chi connectivity index (χ4n) is 2.67. The molecule has 0 aliphatic carbocycles. The van der Waals surface area contributed by atoms with Gasteiger partial charge in [0.2, 0.25) is 5.79 Å². The van der Waals surface area contributed by atoms with E-state index in [2.05, 4.69) is 17.6 Å². The molecule has 1 aromatic carbocycles. The first-order valence-corrected chi connectivity index (χ1v) is 7.72. The zero-order valence-corrected chi connectivity index (χ0v) is 13.3. The summed E-state index contributed by atoms with van der Waals surface area (Å²) >= 11 is 0. The molecule has 1 fully saturated rings. The van der Waals surface area contributed by atoms with Crippen LogP contribution in [0.4, 0.5) is 0 Å². The quantitative estimate of drug-likeness (QED) is 0.577. The number of benzene rings is 1. The topological polar surface area (TPSA) is 69.3 Å². The minimum Gasteiger partial charge on any atom is -0.375 e. The summed E-state index contributed by atoms with van der Waals surface area (Å²) < 4.78 is 19.7. The van der Waals surface area contributed by atoms with Gasteiger partial charge in [0.25, 0.3) is 0 Å². The maximum Gasteiger partial charge on any atom is 0.214 e. The van der Waals surface area contributed by atoms with Gasteiger partial charge in [0.1, 0.15) is 6.10 Å². The number of rotatable bonds is 7. The van der Waals surface area contributed by atoms with Gasteiger partial charge in [0.15, 0.2) is 0 Å². The minimum absolute atomic E-state index is 0.163. The summed E-state index contributed by atoms with van der Waals surface area (Å²) in [6.07, 6.45) is 6.84. The molecule has 1 aromatic heterocycles. The molecule has 124 valence electrons. The van der Waals surface area contributed by atoms with Gasteiger partial charge < -0.3 is 18.8 Å². The predicted octanol–water partition coefficient (Wildman–Crippen LogP) is 2.23. The first-order valence-electron chi connectivity index (χ1n) is 7.72. The highest BCUT2D eigenvalue weighted by Gasteiger charge is 2.43. The van der Waals surface area contributed by atoms with Crippen LogP contribution in [0.3, 0.4) is 0 Å². The van der Waals surface area contributed by atoms with Crippen molar-refractivity contribution in [3.63, 3.8) is 0 Å². The summed E-state index contributed by atoms with van der Waals surface area (Å²) in [6, 6.07) is 9.37. The van der Waals surface area contributed by atoms with Gasteiger partial charge in [-0.3, -0.25) is 0 Å². The number of hydrogen-bond donors (Lipinski definition) is 0. The second kappa shape index (κ2) is 7.41. The van der Waals surface area contributed by atoms with Gasteiger partial charge in [-0.1, -0.05) is 18.2 Å². The normalized spacial score (nSPS) is 23.0.